The Morgan fingerprint density at radius 2 is 1.56 bits per heavy atom. The van der Waals surface area contributed by atoms with Crippen LogP contribution in [0.4, 0.5) is 11.5 Å². The first-order valence-corrected chi connectivity index (χ1v) is 8.24. The predicted octanol–water partition coefficient (Wildman–Crippen LogP) is 6.03. The van der Waals surface area contributed by atoms with Gasteiger partial charge in [-0.05, 0) is 37.6 Å². The standard InChI is InChI=1S/C21H18N4/c1-15-10-12-17(13-11-15)20-21(25-14-6-5-9-19(25)22-20)24-23-18-8-4-3-7-16(18)2/h3-14H,1-2H3. The molecule has 2 aromatic heterocycles. The van der Waals surface area contributed by atoms with E-state index < -0.39 is 0 Å². The smallest absolute Gasteiger partial charge is 0.187 e. The molecule has 0 aliphatic rings. The molecule has 0 N–H and O–H groups in total. The Kier molecular flexibility index (Phi) is 3.86. The number of azo groups is 1. The van der Waals surface area contributed by atoms with Crippen LogP contribution in [-0.2, 0) is 0 Å². The van der Waals surface area contributed by atoms with E-state index in [0.717, 1.165) is 34.0 Å². The molecule has 0 atom stereocenters. The minimum Gasteiger partial charge on any atom is -0.283 e. The molecule has 2 aromatic carbocycles. The van der Waals surface area contributed by atoms with E-state index in [2.05, 4.69) is 41.4 Å². The molecule has 0 radical (unpaired) electrons. The van der Waals surface area contributed by atoms with Crippen LogP contribution in [0.3, 0.4) is 0 Å². The first-order chi connectivity index (χ1) is 12.2. The Hall–Kier alpha value is -3.27. The van der Waals surface area contributed by atoms with Gasteiger partial charge in [0, 0.05) is 11.8 Å². The minimum absolute atomic E-state index is 0.739. The molecule has 25 heavy (non-hydrogen) atoms. The molecule has 0 spiro atoms. The average Bonchev–Trinajstić information content (AvgIpc) is 3.00. The van der Waals surface area contributed by atoms with Crippen LogP contribution in [0.25, 0.3) is 16.9 Å². The van der Waals surface area contributed by atoms with Gasteiger partial charge in [-0.15, -0.1) is 10.2 Å². The Morgan fingerprint density at radius 3 is 2.36 bits per heavy atom. The van der Waals surface area contributed by atoms with E-state index in [1.54, 1.807) is 0 Å². The number of aryl methyl sites for hydroxylation is 2. The van der Waals surface area contributed by atoms with Gasteiger partial charge in [-0.1, -0.05) is 54.1 Å². The van der Waals surface area contributed by atoms with Crippen molar-refractivity contribution in [1.29, 1.82) is 0 Å². The zero-order chi connectivity index (χ0) is 17.2. The lowest BCUT2D eigenvalue weighted by atomic mass is 10.1. The van der Waals surface area contributed by atoms with Gasteiger partial charge < -0.3 is 0 Å². The molecule has 2 heterocycles. The first kappa shape index (κ1) is 15.3. The maximum Gasteiger partial charge on any atom is 0.187 e. The number of hydrogen-bond acceptors (Lipinski definition) is 3. The van der Waals surface area contributed by atoms with Gasteiger partial charge >= 0.3 is 0 Å². The number of imidazole rings is 1. The molecule has 4 aromatic rings. The zero-order valence-electron chi connectivity index (χ0n) is 14.2. The molecule has 0 saturated heterocycles. The Balaban J connectivity index is 1.88. The Bertz CT molecular complexity index is 1060. The maximum atomic E-state index is 4.76. The summed E-state index contributed by atoms with van der Waals surface area (Å²) in [4.78, 5) is 4.76. The van der Waals surface area contributed by atoms with Crippen LogP contribution in [0, 0.1) is 13.8 Å². The average molecular weight is 326 g/mol. The van der Waals surface area contributed by atoms with Gasteiger partial charge in [0.15, 0.2) is 5.82 Å². The van der Waals surface area contributed by atoms with E-state index in [-0.39, 0.29) is 0 Å². The summed E-state index contributed by atoms with van der Waals surface area (Å²) in [6.45, 7) is 4.11. The van der Waals surface area contributed by atoms with Crippen LogP contribution in [0.2, 0.25) is 0 Å². The number of hydrogen-bond donors (Lipinski definition) is 0. The summed E-state index contributed by atoms with van der Waals surface area (Å²) in [5.41, 5.74) is 5.91. The van der Waals surface area contributed by atoms with E-state index in [9.17, 15) is 0 Å². The molecular weight excluding hydrogens is 308 g/mol. The minimum atomic E-state index is 0.739. The molecule has 0 aliphatic heterocycles. The van der Waals surface area contributed by atoms with Crippen molar-refractivity contribution < 1.29 is 0 Å². The van der Waals surface area contributed by atoms with Crippen LogP contribution < -0.4 is 0 Å². The quantitative estimate of drug-likeness (QED) is 0.424. The summed E-state index contributed by atoms with van der Waals surface area (Å²) in [5.74, 6) is 0.739. The second-order valence-corrected chi connectivity index (χ2v) is 6.07. The van der Waals surface area contributed by atoms with Gasteiger partial charge in [0.2, 0.25) is 0 Å². The second kappa shape index (κ2) is 6.32. The van der Waals surface area contributed by atoms with Gasteiger partial charge in [-0.25, -0.2) is 4.98 Å². The number of pyridine rings is 1. The van der Waals surface area contributed by atoms with Crippen LogP contribution >= 0.6 is 0 Å². The van der Waals surface area contributed by atoms with Gasteiger partial charge in [-0.2, -0.15) is 0 Å². The molecule has 0 bridgehead atoms. The van der Waals surface area contributed by atoms with Crippen molar-refractivity contribution in [2.45, 2.75) is 13.8 Å². The molecule has 0 fully saturated rings. The van der Waals surface area contributed by atoms with E-state index in [4.69, 9.17) is 4.98 Å². The Morgan fingerprint density at radius 1 is 0.800 bits per heavy atom. The fourth-order valence-electron chi connectivity index (χ4n) is 2.76. The van der Waals surface area contributed by atoms with Gasteiger partial charge in [-0.3, -0.25) is 4.40 Å². The van der Waals surface area contributed by atoms with Crippen molar-refractivity contribution in [1.82, 2.24) is 9.38 Å². The van der Waals surface area contributed by atoms with Crippen LogP contribution in [0.5, 0.6) is 0 Å². The molecule has 0 unspecified atom stereocenters. The highest BCUT2D eigenvalue weighted by molar-refractivity contribution is 5.74. The van der Waals surface area contributed by atoms with Crippen LogP contribution in [-0.4, -0.2) is 9.38 Å². The van der Waals surface area contributed by atoms with Crippen molar-refractivity contribution in [3.8, 4) is 11.3 Å². The monoisotopic (exact) mass is 326 g/mol. The number of aromatic nitrogens is 2. The first-order valence-electron chi connectivity index (χ1n) is 8.24. The number of rotatable bonds is 3. The molecular formula is C21H18N4. The van der Waals surface area contributed by atoms with E-state index in [1.165, 1.54) is 5.56 Å². The van der Waals surface area contributed by atoms with Gasteiger partial charge in [0.1, 0.15) is 11.3 Å². The number of nitrogens with zero attached hydrogens (tertiary/aromatic N) is 4. The van der Waals surface area contributed by atoms with Gasteiger partial charge in [0.25, 0.3) is 0 Å². The molecule has 0 aliphatic carbocycles. The third-order valence-corrected chi connectivity index (χ3v) is 4.20. The molecule has 4 nitrogen and oxygen atoms in total. The normalized spacial score (nSPS) is 11.4. The number of fused-ring (bicyclic) bond motifs is 1. The summed E-state index contributed by atoms with van der Waals surface area (Å²) >= 11 is 0. The Labute approximate surface area is 146 Å². The highest BCUT2D eigenvalue weighted by atomic mass is 15.2. The molecule has 0 saturated carbocycles. The zero-order valence-corrected chi connectivity index (χ0v) is 14.2. The largest absolute Gasteiger partial charge is 0.283 e. The molecule has 4 heteroatoms. The van der Waals surface area contributed by atoms with Crippen molar-refractivity contribution in [3.05, 3.63) is 84.1 Å². The lowest BCUT2D eigenvalue weighted by Gasteiger charge is -2.01. The third-order valence-electron chi connectivity index (χ3n) is 4.20. The summed E-state index contributed by atoms with van der Waals surface area (Å²) in [6.07, 6.45) is 1.96. The highest BCUT2D eigenvalue weighted by Gasteiger charge is 2.13. The van der Waals surface area contributed by atoms with Crippen molar-refractivity contribution in [3.63, 3.8) is 0 Å². The summed E-state index contributed by atoms with van der Waals surface area (Å²) in [7, 11) is 0. The van der Waals surface area contributed by atoms with Crippen molar-refractivity contribution >= 4 is 17.2 Å². The third kappa shape index (κ3) is 2.94. The van der Waals surface area contributed by atoms with Crippen LogP contribution in [0.15, 0.2) is 83.2 Å². The van der Waals surface area contributed by atoms with Gasteiger partial charge in [0.05, 0.1) is 5.69 Å². The fraction of sp³-hybridized carbons (Fsp3) is 0.0952. The molecule has 0 amide bonds. The molecule has 4 rings (SSSR count). The van der Waals surface area contributed by atoms with Crippen molar-refractivity contribution in [2.24, 2.45) is 10.2 Å². The predicted molar refractivity (Wildman–Crippen MR) is 101 cm³/mol. The van der Waals surface area contributed by atoms with Crippen molar-refractivity contribution in [2.75, 3.05) is 0 Å². The highest BCUT2D eigenvalue weighted by Crippen LogP contribution is 2.32. The van der Waals surface area contributed by atoms with Crippen LogP contribution in [0.1, 0.15) is 11.1 Å². The maximum absolute atomic E-state index is 4.76. The fourth-order valence-corrected chi connectivity index (χ4v) is 2.76. The summed E-state index contributed by atoms with van der Waals surface area (Å²) in [6, 6.07) is 22.2. The van der Waals surface area contributed by atoms with E-state index in [0.29, 0.717) is 0 Å². The summed E-state index contributed by atoms with van der Waals surface area (Å²) < 4.78 is 1.97. The lowest BCUT2D eigenvalue weighted by Crippen LogP contribution is -1.82. The lowest BCUT2D eigenvalue weighted by molar-refractivity contribution is 1.10. The van der Waals surface area contributed by atoms with E-state index >= 15 is 0 Å². The topological polar surface area (TPSA) is 42.0 Å². The summed E-state index contributed by atoms with van der Waals surface area (Å²) in [5, 5.41) is 9.02. The number of benzene rings is 2. The van der Waals surface area contributed by atoms with E-state index in [1.807, 2.05) is 60.0 Å². The SMILES string of the molecule is Cc1ccc(-c2nc3ccccn3c2N=Nc2ccccc2C)cc1. The molecule has 122 valence electrons. The second-order valence-electron chi connectivity index (χ2n) is 6.07.